The molecule has 0 aliphatic carbocycles. The van der Waals surface area contributed by atoms with Crippen molar-refractivity contribution in [3.05, 3.63) is 18.0 Å². The molecule has 25 heavy (non-hydrogen) atoms. The van der Waals surface area contributed by atoms with Crippen molar-refractivity contribution in [3.8, 4) is 0 Å². The summed E-state index contributed by atoms with van der Waals surface area (Å²) in [7, 11) is 1.69. The smallest absolute Gasteiger partial charge is 0.274 e. The summed E-state index contributed by atoms with van der Waals surface area (Å²) in [6.45, 7) is 6.18. The summed E-state index contributed by atoms with van der Waals surface area (Å²) in [6, 6.07) is 1.80. The highest BCUT2D eigenvalue weighted by Gasteiger charge is 2.41. The number of piperidine rings is 1. The first-order valence-electron chi connectivity index (χ1n) is 9.23. The topological polar surface area (TPSA) is 65.8 Å². The van der Waals surface area contributed by atoms with Gasteiger partial charge < -0.3 is 19.1 Å². The molecule has 1 amide bonds. The number of carbonyl (C=O) groups is 1. The van der Waals surface area contributed by atoms with Crippen LogP contribution in [0.3, 0.4) is 0 Å². The number of aryl methyl sites for hydroxylation is 1. The van der Waals surface area contributed by atoms with Gasteiger partial charge in [0.2, 0.25) is 0 Å². The lowest BCUT2D eigenvalue weighted by atomic mass is 9.83. The summed E-state index contributed by atoms with van der Waals surface area (Å²) in [4.78, 5) is 14.5. The van der Waals surface area contributed by atoms with Crippen LogP contribution in [0.4, 0.5) is 0 Å². The van der Waals surface area contributed by atoms with Gasteiger partial charge >= 0.3 is 0 Å². The van der Waals surface area contributed by atoms with Crippen molar-refractivity contribution in [2.24, 2.45) is 0 Å². The second kappa shape index (κ2) is 8.29. The normalized spacial score (nSPS) is 23.1. The Kier molecular flexibility index (Phi) is 6.09. The number of rotatable bonds is 6. The Bertz CT molecular complexity index is 566. The fourth-order valence-electron chi connectivity index (χ4n) is 3.70. The van der Waals surface area contributed by atoms with Crippen LogP contribution in [0, 0.1) is 0 Å². The zero-order valence-corrected chi connectivity index (χ0v) is 15.3. The Labute approximate surface area is 149 Å². The molecule has 2 aliphatic heterocycles. The van der Waals surface area contributed by atoms with E-state index >= 15 is 0 Å². The minimum absolute atomic E-state index is 0.0192. The summed E-state index contributed by atoms with van der Waals surface area (Å²) in [5.74, 6) is 0.0192. The number of ether oxygens (including phenoxy) is 3. The van der Waals surface area contributed by atoms with Gasteiger partial charge in [-0.2, -0.15) is 5.10 Å². The van der Waals surface area contributed by atoms with E-state index in [2.05, 4.69) is 5.10 Å². The van der Waals surface area contributed by atoms with Crippen molar-refractivity contribution in [1.82, 2.24) is 14.7 Å². The van der Waals surface area contributed by atoms with Crippen LogP contribution >= 0.6 is 0 Å². The highest BCUT2D eigenvalue weighted by atomic mass is 16.5. The molecule has 0 N–H and O–H groups in total. The summed E-state index contributed by atoms with van der Waals surface area (Å²) >= 11 is 0. The van der Waals surface area contributed by atoms with Gasteiger partial charge in [-0.1, -0.05) is 0 Å². The third-order valence-electron chi connectivity index (χ3n) is 5.23. The van der Waals surface area contributed by atoms with E-state index in [-0.39, 0.29) is 17.6 Å². The SMILES string of the molecule is CCn1ccc(C(=O)N2CCC3(CC2)CC(OCCOC)CCO3)n1. The van der Waals surface area contributed by atoms with E-state index in [1.807, 2.05) is 18.0 Å². The average molecular weight is 351 g/mol. The van der Waals surface area contributed by atoms with Gasteiger partial charge in [0.05, 0.1) is 24.9 Å². The predicted molar refractivity (Wildman–Crippen MR) is 92.6 cm³/mol. The largest absolute Gasteiger partial charge is 0.382 e. The maximum absolute atomic E-state index is 12.6. The summed E-state index contributed by atoms with van der Waals surface area (Å²) in [5.41, 5.74) is 0.387. The van der Waals surface area contributed by atoms with Crippen molar-refractivity contribution in [3.63, 3.8) is 0 Å². The molecule has 3 heterocycles. The van der Waals surface area contributed by atoms with Gasteiger partial charge in [0.25, 0.3) is 5.91 Å². The Morgan fingerprint density at radius 2 is 2.20 bits per heavy atom. The second-order valence-corrected chi connectivity index (χ2v) is 6.86. The minimum Gasteiger partial charge on any atom is -0.382 e. The molecule has 1 aromatic rings. The monoisotopic (exact) mass is 351 g/mol. The van der Waals surface area contributed by atoms with Crippen LogP contribution in [-0.2, 0) is 20.8 Å². The standard InChI is InChI=1S/C18H29N3O4/c1-3-21-8-4-16(19-21)17(22)20-9-6-18(7-10-20)14-15(5-11-25-18)24-13-12-23-2/h4,8,15H,3,5-7,9-14H2,1-2H3. The molecule has 1 unspecified atom stereocenters. The summed E-state index contributed by atoms with van der Waals surface area (Å²) in [5, 5.41) is 4.32. The first-order chi connectivity index (χ1) is 12.2. The fraction of sp³-hybridized carbons (Fsp3) is 0.778. The molecule has 1 atom stereocenters. The van der Waals surface area contributed by atoms with Crippen molar-refractivity contribution in [2.75, 3.05) is 40.0 Å². The van der Waals surface area contributed by atoms with Crippen LogP contribution < -0.4 is 0 Å². The first-order valence-corrected chi connectivity index (χ1v) is 9.23. The van der Waals surface area contributed by atoms with Gasteiger partial charge in [0, 0.05) is 46.0 Å². The number of methoxy groups -OCH3 is 1. The van der Waals surface area contributed by atoms with Crippen molar-refractivity contribution in [2.45, 2.75) is 50.9 Å². The van der Waals surface area contributed by atoms with Gasteiger partial charge in [0.1, 0.15) is 5.69 Å². The zero-order valence-electron chi connectivity index (χ0n) is 15.3. The van der Waals surface area contributed by atoms with E-state index in [0.29, 0.717) is 32.0 Å². The summed E-state index contributed by atoms with van der Waals surface area (Å²) in [6.07, 6.45) is 5.64. The van der Waals surface area contributed by atoms with Gasteiger partial charge in [0.15, 0.2) is 0 Å². The lowest BCUT2D eigenvalue weighted by Gasteiger charge is -2.46. The number of amides is 1. The van der Waals surface area contributed by atoms with E-state index in [1.54, 1.807) is 17.9 Å². The van der Waals surface area contributed by atoms with Gasteiger partial charge in [-0.05, 0) is 32.3 Å². The number of hydrogen-bond acceptors (Lipinski definition) is 5. The lowest BCUT2D eigenvalue weighted by molar-refractivity contribution is -0.154. The highest BCUT2D eigenvalue weighted by molar-refractivity contribution is 5.92. The highest BCUT2D eigenvalue weighted by Crippen LogP contribution is 2.36. The number of likely N-dealkylation sites (tertiary alicyclic amines) is 1. The summed E-state index contributed by atoms with van der Waals surface area (Å²) < 4.78 is 18.9. The molecule has 140 valence electrons. The molecule has 1 aromatic heterocycles. The Morgan fingerprint density at radius 3 is 2.88 bits per heavy atom. The maximum Gasteiger partial charge on any atom is 0.274 e. The fourth-order valence-corrected chi connectivity index (χ4v) is 3.70. The molecular weight excluding hydrogens is 322 g/mol. The lowest BCUT2D eigenvalue weighted by Crippen LogP contribution is -2.52. The zero-order chi connectivity index (χ0) is 17.7. The molecule has 2 fully saturated rings. The molecule has 7 heteroatoms. The van der Waals surface area contributed by atoms with Crippen LogP contribution in [0.25, 0.3) is 0 Å². The quantitative estimate of drug-likeness (QED) is 0.730. The Hall–Kier alpha value is -1.44. The third-order valence-corrected chi connectivity index (χ3v) is 5.23. The third kappa shape index (κ3) is 4.40. The molecule has 1 spiro atoms. The van der Waals surface area contributed by atoms with E-state index in [0.717, 1.165) is 38.8 Å². The van der Waals surface area contributed by atoms with Crippen LogP contribution in [0.5, 0.6) is 0 Å². The average Bonchev–Trinajstić information content (AvgIpc) is 3.11. The van der Waals surface area contributed by atoms with Crippen LogP contribution in [0.15, 0.2) is 12.3 Å². The second-order valence-electron chi connectivity index (χ2n) is 6.86. The van der Waals surface area contributed by atoms with Crippen LogP contribution in [-0.4, -0.2) is 72.3 Å². The van der Waals surface area contributed by atoms with E-state index in [4.69, 9.17) is 14.2 Å². The number of carbonyl (C=O) groups excluding carboxylic acids is 1. The van der Waals surface area contributed by atoms with Gasteiger partial charge in [-0.25, -0.2) is 0 Å². The first kappa shape index (κ1) is 18.4. The number of nitrogens with zero attached hydrogens (tertiary/aromatic N) is 3. The molecular formula is C18H29N3O4. The maximum atomic E-state index is 12.6. The Balaban J connectivity index is 1.52. The van der Waals surface area contributed by atoms with Gasteiger partial charge in [-0.3, -0.25) is 9.48 Å². The van der Waals surface area contributed by atoms with Crippen molar-refractivity contribution < 1.29 is 19.0 Å². The molecule has 3 rings (SSSR count). The molecule has 0 bridgehead atoms. The van der Waals surface area contributed by atoms with Crippen LogP contribution in [0.1, 0.15) is 43.1 Å². The van der Waals surface area contributed by atoms with Crippen molar-refractivity contribution in [1.29, 1.82) is 0 Å². The van der Waals surface area contributed by atoms with Crippen molar-refractivity contribution >= 4 is 5.91 Å². The molecule has 0 aromatic carbocycles. The predicted octanol–water partition coefficient (Wildman–Crippen LogP) is 1.72. The van der Waals surface area contributed by atoms with Crippen LogP contribution in [0.2, 0.25) is 0 Å². The minimum atomic E-state index is -0.143. The van der Waals surface area contributed by atoms with E-state index < -0.39 is 0 Å². The molecule has 2 aliphatic rings. The van der Waals surface area contributed by atoms with Gasteiger partial charge in [-0.15, -0.1) is 0 Å². The molecule has 2 saturated heterocycles. The van der Waals surface area contributed by atoms with E-state index in [1.165, 1.54) is 0 Å². The van der Waals surface area contributed by atoms with E-state index in [9.17, 15) is 4.79 Å². The Morgan fingerprint density at radius 1 is 1.40 bits per heavy atom. The molecule has 0 saturated carbocycles. The molecule has 0 radical (unpaired) electrons. The number of aromatic nitrogens is 2. The molecule has 7 nitrogen and oxygen atoms in total. The number of hydrogen-bond donors (Lipinski definition) is 0.